The lowest BCUT2D eigenvalue weighted by atomic mass is 10.1. The SMILES string of the molecule is CSCCCNC(=NCc1nnc(C)n1C)NC(C)(C)C. The standard InChI is InChI=1S/C14H28N6S/c1-11-18-19-12(20(11)5)10-16-13(17-14(2,3)4)15-8-7-9-21-6/h7-10H2,1-6H3,(H2,15,16,17). The third kappa shape index (κ3) is 6.84. The summed E-state index contributed by atoms with van der Waals surface area (Å²) >= 11 is 1.86. The van der Waals surface area contributed by atoms with E-state index in [1.807, 2.05) is 30.3 Å². The van der Waals surface area contributed by atoms with Crippen LogP contribution in [-0.4, -0.2) is 44.8 Å². The Kier molecular flexibility index (Phi) is 7.01. The molecular formula is C14H28N6S. The highest BCUT2D eigenvalue weighted by Crippen LogP contribution is 2.02. The molecular weight excluding hydrogens is 284 g/mol. The predicted octanol–water partition coefficient (Wildman–Crippen LogP) is 1.71. The summed E-state index contributed by atoms with van der Waals surface area (Å²) in [6.45, 7) is 9.75. The summed E-state index contributed by atoms with van der Waals surface area (Å²) in [4.78, 5) is 4.62. The summed E-state index contributed by atoms with van der Waals surface area (Å²) in [6.07, 6.45) is 3.24. The van der Waals surface area contributed by atoms with Crippen LogP contribution in [0.2, 0.25) is 0 Å². The van der Waals surface area contributed by atoms with Crippen molar-refractivity contribution in [1.29, 1.82) is 0 Å². The molecule has 1 rings (SSSR count). The smallest absolute Gasteiger partial charge is 0.192 e. The first-order valence-corrected chi connectivity index (χ1v) is 8.63. The molecule has 1 heterocycles. The number of hydrogen-bond donors (Lipinski definition) is 2. The van der Waals surface area contributed by atoms with Crippen molar-refractivity contribution in [1.82, 2.24) is 25.4 Å². The average Bonchev–Trinajstić information content (AvgIpc) is 2.70. The largest absolute Gasteiger partial charge is 0.356 e. The highest BCUT2D eigenvalue weighted by molar-refractivity contribution is 7.98. The van der Waals surface area contributed by atoms with Gasteiger partial charge in [0, 0.05) is 19.1 Å². The van der Waals surface area contributed by atoms with Crippen molar-refractivity contribution in [3.63, 3.8) is 0 Å². The molecule has 0 aliphatic rings. The van der Waals surface area contributed by atoms with E-state index in [-0.39, 0.29) is 5.54 Å². The Morgan fingerprint density at radius 1 is 1.33 bits per heavy atom. The van der Waals surface area contributed by atoms with Gasteiger partial charge in [-0.2, -0.15) is 11.8 Å². The number of aryl methyl sites for hydroxylation is 1. The zero-order valence-corrected chi connectivity index (χ0v) is 14.8. The maximum absolute atomic E-state index is 4.62. The summed E-state index contributed by atoms with van der Waals surface area (Å²) in [7, 11) is 1.96. The fourth-order valence-electron chi connectivity index (χ4n) is 1.66. The van der Waals surface area contributed by atoms with Crippen LogP contribution in [0.1, 0.15) is 38.8 Å². The topological polar surface area (TPSA) is 67.1 Å². The second kappa shape index (κ2) is 8.26. The van der Waals surface area contributed by atoms with Gasteiger partial charge in [-0.3, -0.25) is 0 Å². The zero-order valence-electron chi connectivity index (χ0n) is 14.0. The number of nitrogens with one attached hydrogen (secondary N) is 2. The fraction of sp³-hybridized carbons (Fsp3) is 0.786. The van der Waals surface area contributed by atoms with E-state index in [1.54, 1.807) is 0 Å². The van der Waals surface area contributed by atoms with E-state index >= 15 is 0 Å². The van der Waals surface area contributed by atoms with Crippen LogP contribution < -0.4 is 10.6 Å². The molecule has 0 saturated heterocycles. The summed E-state index contributed by atoms with van der Waals surface area (Å²) in [5, 5.41) is 15.0. The number of thioether (sulfide) groups is 1. The molecule has 0 amide bonds. The van der Waals surface area contributed by atoms with Crippen LogP contribution in [0.15, 0.2) is 4.99 Å². The van der Waals surface area contributed by atoms with E-state index in [0.717, 1.165) is 36.3 Å². The molecule has 120 valence electrons. The van der Waals surface area contributed by atoms with E-state index in [2.05, 4.69) is 52.9 Å². The minimum Gasteiger partial charge on any atom is -0.356 e. The van der Waals surface area contributed by atoms with Gasteiger partial charge in [0.25, 0.3) is 0 Å². The van der Waals surface area contributed by atoms with Crippen LogP contribution in [0, 0.1) is 6.92 Å². The van der Waals surface area contributed by atoms with E-state index < -0.39 is 0 Å². The normalized spacial score (nSPS) is 12.6. The number of rotatable bonds is 6. The second-order valence-corrected chi connectivity index (χ2v) is 7.02. The van der Waals surface area contributed by atoms with Crippen molar-refractivity contribution < 1.29 is 0 Å². The molecule has 0 aliphatic heterocycles. The number of hydrogen-bond acceptors (Lipinski definition) is 4. The second-order valence-electron chi connectivity index (χ2n) is 6.04. The Labute approximate surface area is 132 Å². The van der Waals surface area contributed by atoms with Crippen LogP contribution in [0.5, 0.6) is 0 Å². The number of aliphatic imine (C=N–C) groups is 1. The van der Waals surface area contributed by atoms with Crippen LogP contribution in [0.25, 0.3) is 0 Å². The monoisotopic (exact) mass is 312 g/mol. The maximum Gasteiger partial charge on any atom is 0.192 e. The molecule has 0 aromatic carbocycles. The Bertz CT molecular complexity index is 461. The first-order valence-electron chi connectivity index (χ1n) is 7.24. The maximum atomic E-state index is 4.62. The van der Waals surface area contributed by atoms with Crippen LogP contribution in [0.4, 0.5) is 0 Å². The van der Waals surface area contributed by atoms with Crippen LogP contribution >= 0.6 is 11.8 Å². The van der Waals surface area contributed by atoms with Crippen molar-refractivity contribution in [2.45, 2.75) is 46.2 Å². The van der Waals surface area contributed by atoms with Gasteiger partial charge in [-0.15, -0.1) is 10.2 Å². The van der Waals surface area contributed by atoms with E-state index in [0.29, 0.717) is 6.54 Å². The Balaban J connectivity index is 2.65. The summed E-state index contributed by atoms with van der Waals surface area (Å²) in [6, 6.07) is 0. The van der Waals surface area contributed by atoms with Gasteiger partial charge in [0.15, 0.2) is 11.8 Å². The summed E-state index contributed by atoms with van der Waals surface area (Å²) < 4.78 is 1.96. The minimum absolute atomic E-state index is 0.0266. The van der Waals surface area contributed by atoms with Gasteiger partial charge in [0.2, 0.25) is 0 Å². The Morgan fingerprint density at radius 2 is 2.05 bits per heavy atom. The van der Waals surface area contributed by atoms with Gasteiger partial charge in [-0.1, -0.05) is 0 Å². The lowest BCUT2D eigenvalue weighted by Crippen LogP contribution is -2.48. The Morgan fingerprint density at radius 3 is 2.57 bits per heavy atom. The summed E-state index contributed by atoms with van der Waals surface area (Å²) in [5.74, 6) is 3.74. The number of aromatic nitrogens is 3. The highest BCUT2D eigenvalue weighted by Gasteiger charge is 2.12. The molecule has 0 fully saturated rings. The molecule has 2 N–H and O–H groups in total. The highest BCUT2D eigenvalue weighted by atomic mass is 32.2. The van der Waals surface area contributed by atoms with E-state index in [1.165, 1.54) is 0 Å². The molecule has 0 bridgehead atoms. The lowest BCUT2D eigenvalue weighted by molar-refractivity contribution is 0.500. The van der Waals surface area contributed by atoms with Crippen molar-refractivity contribution in [3.05, 3.63) is 11.6 Å². The zero-order chi connectivity index (χ0) is 15.9. The third-order valence-corrected chi connectivity index (χ3v) is 3.57. The average molecular weight is 312 g/mol. The molecule has 6 nitrogen and oxygen atoms in total. The van der Waals surface area contributed by atoms with Gasteiger partial charge in [-0.05, 0) is 46.1 Å². The third-order valence-electron chi connectivity index (χ3n) is 2.87. The lowest BCUT2D eigenvalue weighted by Gasteiger charge is -2.24. The Hall–Kier alpha value is -1.24. The molecule has 21 heavy (non-hydrogen) atoms. The first kappa shape index (κ1) is 17.8. The van der Waals surface area contributed by atoms with Gasteiger partial charge in [-0.25, -0.2) is 4.99 Å². The molecule has 0 aliphatic carbocycles. The van der Waals surface area contributed by atoms with Crippen molar-refractivity contribution in [3.8, 4) is 0 Å². The minimum atomic E-state index is -0.0266. The van der Waals surface area contributed by atoms with Gasteiger partial charge >= 0.3 is 0 Å². The van der Waals surface area contributed by atoms with Gasteiger partial charge < -0.3 is 15.2 Å². The van der Waals surface area contributed by atoms with Crippen molar-refractivity contribution in [2.24, 2.45) is 12.0 Å². The van der Waals surface area contributed by atoms with Crippen molar-refractivity contribution in [2.75, 3.05) is 18.6 Å². The first-order chi connectivity index (χ1) is 9.83. The molecule has 0 unspecified atom stereocenters. The molecule has 0 spiro atoms. The molecule has 1 aromatic rings. The van der Waals surface area contributed by atoms with Crippen LogP contribution in [0.3, 0.4) is 0 Å². The van der Waals surface area contributed by atoms with E-state index in [9.17, 15) is 0 Å². The van der Waals surface area contributed by atoms with Gasteiger partial charge in [0.1, 0.15) is 12.4 Å². The van der Waals surface area contributed by atoms with E-state index in [4.69, 9.17) is 0 Å². The van der Waals surface area contributed by atoms with Crippen molar-refractivity contribution >= 4 is 17.7 Å². The molecule has 1 aromatic heterocycles. The number of guanidine groups is 1. The summed E-state index contributed by atoms with van der Waals surface area (Å²) in [5.41, 5.74) is -0.0266. The van der Waals surface area contributed by atoms with Gasteiger partial charge in [0.05, 0.1) is 0 Å². The molecule has 0 atom stereocenters. The fourth-order valence-corrected chi connectivity index (χ4v) is 2.09. The number of nitrogens with zero attached hydrogens (tertiary/aromatic N) is 4. The predicted molar refractivity (Wildman–Crippen MR) is 90.8 cm³/mol. The quantitative estimate of drug-likeness (QED) is 0.475. The van der Waals surface area contributed by atoms with Crippen LogP contribution in [-0.2, 0) is 13.6 Å². The molecule has 7 heteroatoms. The molecule has 0 saturated carbocycles. The molecule has 0 radical (unpaired) electrons.